The summed E-state index contributed by atoms with van der Waals surface area (Å²) in [4.78, 5) is 12.4. The molecule has 4 aliphatic carbocycles. The Morgan fingerprint density at radius 3 is 2.28 bits per heavy atom. The van der Waals surface area contributed by atoms with Crippen LogP contribution in [-0.2, 0) is 9.53 Å². The first-order chi connectivity index (χ1) is 16.5. The number of alkyl halides is 2. The molecule has 0 amide bonds. The van der Waals surface area contributed by atoms with Gasteiger partial charge in [0, 0.05) is 21.5 Å². The average molecular weight is 629 g/mol. The number of carbonyl (C=O) groups is 1. The van der Waals surface area contributed by atoms with Crippen molar-refractivity contribution in [1.82, 2.24) is 0 Å². The second kappa shape index (κ2) is 9.67. The summed E-state index contributed by atoms with van der Waals surface area (Å²) in [6.45, 7) is 21.3. The fourth-order valence-corrected chi connectivity index (χ4v) is 10.5. The highest BCUT2D eigenvalue weighted by molar-refractivity contribution is 9.12. The van der Waals surface area contributed by atoms with Crippen molar-refractivity contribution >= 4 is 37.8 Å². The van der Waals surface area contributed by atoms with Gasteiger partial charge in [0.1, 0.15) is 6.10 Å². The third kappa shape index (κ3) is 4.52. The molecule has 0 aliphatic heterocycles. The highest BCUT2D eigenvalue weighted by atomic mass is 79.9. The van der Waals surface area contributed by atoms with Gasteiger partial charge in [-0.2, -0.15) is 0 Å². The van der Waals surface area contributed by atoms with E-state index >= 15 is 0 Å². The smallest absolute Gasteiger partial charge is 0.302 e. The maximum absolute atomic E-state index is 11.9. The normalized spacial score (nSPS) is 41.7. The molecule has 36 heavy (non-hydrogen) atoms. The Bertz CT molecular complexity index is 900. The van der Waals surface area contributed by atoms with Crippen LogP contribution in [0.2, 0.25) is 0 Å². The number of fused-ring (bicyclic) bond motifs is 4. The summed E-state index contributed by atoms with van der Waals surface area (Å²) >= 11 is 7.83. The Balaban J connectivity index is 1.59. The zero-order valence-electron chi connectivity index (χ0n) is 24.5. The van der Waals surface area contributed by atoms with Gasteiger partial charge in [-0.15, -0.1) is 0 Å². The van der Waals surface area contributed by atoms with Crippen LogP contribution in [0.4, 0.5) is 0 Å². The molecule has 206 valence electrons. The summed E-state index contributed by atoms with van der Waals surface area (Å²) < 4.78 is 6.02. The van der Waals surface area contributed by atoms with Gasteiger partial charge in [0.15, 0.2) is 0 Å². The standard InChI is InChI=1S/C32H52Br2O2/c1-20(10-13-26(33)29(5,6)34)22-14-18-32(9)24-11-12-25-28(3,4)27(36-21(2)35)16-17-30(25,7)23(24)15-19-31(22,32)8/h20,22,25-27H,10-19H2,1-9H3/t20-,22-,25+,26?,27+,30-,31-,32+/m1/s1. The van der Waals surface area contributed by atoms with Crippen LogP contribution in [0.1, 0.15) is 127 Å². The van der Waals surface area contributed by atoms with Crippen molar-refractivity contribution in [2.45, 2.75) is 142 Å². The number of rotatable bonds is 6. The molecule has 4 heteroatoms. The predicted octanol–water partition coefficient (Wildman–Crippen LogP) is 10.0. The second-order valence-electron chi connectivity index (χ2n) is 14.9. The molecule has 0 heterocycles. The molecule has 0 spiro atoms. The third-order valence-corrected chi connectivity index (χ3v) is 15.1. The second-order valence-corrected chi connectivity index (χ2v) is 18.1. The minimum absolute atomic E-state index is 0.0288. The van der Waals surface area contributed by atoms with Crippen LogP contribution in [0.15, 0.2) is 11.1 Å². The minimum atomic E-state index is -0.120. The van der Waals surface area contributed by atoms with Crippen molar-refractivity contribution in [3.8, 4) is 0 Å². The van der Waals surface area contributed by atoms with Crippen molar-refractivity contribution in [3.63, 3.8) is 0 Å². The number of carbonyl (C=O) groups excluding carboxylic acids is 1. The van der Waals surface area contributed by atoms with Gasteiger partial charge < -0.3 is 4.74 Å². The van der Waals surface area contributed by atoms with Crippen molar-refractivity contribution in [2.24, 2.45) is 39.4 Å². The first-order valence-corrected chi connectivity index (χ1v) is 16.4. The molecule has 4 aliphatic rings. The molecule has 0 aromatic heterocycles. The molecule has 0 saturated heterocycles. The number of hydrogen-bond acceptors (Lipinski definition) is 2. The molecule has 8 atom stereocenters. The van der Waals surface area contributed by atoms with Gasteiger partial charge in [-0.1, -0.05) is 84.5 Å². The van der Waals surface area contributed by atoms with E-state index in [4.69, 9.17) is 4.74 Å². The van der Waals surface area contributed by atoms with Crippen molar-refractivity contribution in [3.05, 3.63) is 11.1 Å². The van der Waals surface area contributed by atoms with Crippen LogP contribution in [0, 0.1) is 39.4 Å². The highest BCUT2D eigenvalue weighted by Gasteiger charge is 2.63. The summed E-state index contributed by atoms with van der Waals surface area (Å²) in [6, 6.07) is 0. The lowest BCUT2D eigenvalue weighted by molar-refractivity contribution is -0.167. The summed E-state index contributed by atoms with van der Waals surface area (Å²) in [6.07, 6.45) is 12.6. The van der Waals surface area contributed by atoms with Gasteiger partial charge in [-0.25, -0.2) is 0 Å². The SMILES string of the molecule is CC(=O)O[C@H]1CC[C@]2(C)C3=C(CC[C@H]2C1(C)C)[C@]1(C)CC[C@H]([C@H](C)CCC(Br)C(C)(C)Br)[C@@]1(C)CC3. The van der Waals surface area contributed by atoms with E-state index in [0.717, 1.165) is 18.3 Å². The van der Waals surface area contributed by atoms with Crippen molar-refractivity contribution in [2.75, 3.05) is 0 Å². The molecule has 1 unspecified atom stereocenters. The van der Waals surface area contributed by atoms with Gasteiger partial charge in [-0.3, -0.25) is 4.79 Å². The maximum Gasteiger partial charge on any atom is 0.302 e. The monoisotopic (exact) mass is 626 g/mol. The van der Waals surface area contributed by atoms with Gasteiger partial charge in [0.2, 0.25) is 0 Å². The minimum Gasteiger partial charge on any atom is -0.462 e. The number of halogens is 2. The van der Waals surface area contributed by atoms with Crippen LogP contribution >= 0.6 is 31.9 Å². The van der Waals surface area contributed by atoms with E-state index < -0.39 is 0 Å². The quantitative estimate of drug-likeness (QED) is 0.166. The lowest BCUT2D eigenvalue weighted by atomic mass is 9.43. The van der Waals surface area contributed by atoms with Crippen LogP contribution < -0.4 is 0 Å². The molecule has 2 saturated carbocycles. The highest BCUT2D eigenvalue weighted by Crippen LogP contribution is 2.72. The van der Waals surface area contributed by atoms with E-state index in [2.05, 4.69) is 87.2 Å². The molecule has 2 fully saturated rings. The zero-order chi connectivity index (χ0) is 26.9. The summed E-state index contributed by atoms with van der Waals surface area (Å²) in [7, 11) is 0. The Morgan fingerprint density at radius 1 is 1.00 bits per heavy atom. The summed E-state index contributed by atoms with van der Waals surface area (Å²) in [5, 5.41) is 0. The lowest BCUT2D eigenvalue weighted by Crippen LogP contribution is -2.55. The molecule has 0 radical (unpaired) electrons. The average Bonchev–Trinajstić information content (AvgIpc) is 3.04. The molecule has 2 nitrogen and oxygen atoms in total. The van der Waals surface area contributed by atoms with Crippen molar-refractivity contribution in [1.29, 1.82) is 0 Å². The molecule has 0 bridgehead atoms. The number of allylic oxidation sites excluding steroid dienone is 2. The summed E-state index contributed by atoms with van der Waals surface area (Å²) in [5.74, 6) is 2.05. The topological polar surface area (TPSA) is 26.3 Å². The first-order valence-electron chi connectivity index (χ1n) is 14.7. The number of hydrogen-bond donors (Lipinski definition) is 0. The lowest BCUT2D eigenvalue weighted by Gasteiger charge is -2.62. The summed E-state index contributed by atoms with van der Waals surface area (Å²) in [5.41, 5.74) is 4.71. The Kier molecular flexibility index (Phi) is 7.83. The molecular weight excluding hydrogens is 576 g/mol. The van der Waals surface area contributed by atoms with Crippen molar-refractivity contribution < 1.29 is 9.53 Å². The van der Waals surface area contributed by atoms with E-state index in [0.29, 0.717) is 21.6 Å². The predicted molar refractivity (Wildman–Crippen MR) is 159 cm³/mol. The van der Waals surface area contributed by atoms with Crippen LogP contribution in [0.3, 0.4) is 0 Å². The van der Waals surface area contributed by atoms with Crippen LogP contribution in [0.5, 0.6) is 0 Å². The zero-order valence-corrected chi connectivity index (χ0v) is 27.7. The largest absolute Gasteiger partial charge is 0.462 e. The molecular formula is C32H52Br2O2. The first kappa shape index (κ1) is 29.2. The van der Waals surface area contributed by atoms with Gasteiger partial charge in [0.25, 0.3) is 0 Å². The third-order valence-electron chi connectivity index (χ3n) is 12.4. The fraction of sp³-hybridized carbons (Fsp3) is 0.906. The Hall–Kier alpha value is 0.170. The molecule has 0 aromatic rings. The van der Waals surface area contributed by atoms with Crippen LogP contribution in [0.25, 0.3) is 0 Å². The van der Waals surface area contributed by atoms with E-state index in [1.165, 1.54) is 57.8 Å². The number of ether oxygens (including phenoxy) is 1. The molecule has 0 N–H and O–H groups in total. The van der Waals surface area contributed by atoms with E-state index in [1.807, 2.05) is 11.1 Å². The Morgan fingerprint density at radius 2 is 1.67 bits per heavy atom. The van der Waals surface area contributed by atoms with E-state index in [-0.39, 0.29) is 27.2 Å². The van der Waals surface area contributed by atoms with E-state index in [9.17, 15) is 4.79 Å². The van der Waals surface area contributed by atoms with Crippen LogP contribution in [-0.4, -0.2) is 21.2 Å². The number of esters is 1. The van der Waals surface area contributed by atoms with E-state index in [1.54, 1.807) is 6.92 Å². The molecule has 0 aromatic carbocycles. The Labute approximate surface area is 238 Å². The van der Waals surface area contributed by atoms with Gasteiger partial charge in [0.05, 0.1) is 0 Å². The van der Waals surface area contributed by atoms with Gasteiger partial charge >= 0.3 is 5.97 Å². The van der Waals surface area contributed by atoms with Gasteiger partial charge in [-0.05, 0) is 112 Å². The molecule has 4 rings (SSSR count). The fourth-order valence-electron chi connectivity index (χ4n) is 9.98. The maximum atomic E-state index is 11.9.